The fourth-order valence-electron chi connectivity index (χ4n) is 1.21. The third-order valence-electron chi connectivity index (χ3n) is 2.16. The van der Waals surface area contributed by atoms with Crippen molar-refractivity contribution in [2.45, 2.75) is 25.7 Å². The van der Waals surface area contributed by atoms with Gasteiger partial charge >= 0.3 is 0 Å². The van der Waals surface area contributed by atoms with Gasteiger partial charge in [-0.05, 0) is 25.8 Å². The zero-order chi connectivity index (χ0) is 9.80. The molecule has 0 amide bonds. The van der Waals surface area contributed by atoms with E-state index in [1.54, 1.807) is 6.26 Å². The second-order valence-electron chi connectivity index (χ2n) is 3.41. The van der Waals surface area contributed by atoms with Gasteiger partial charge in [0.05, 0.1) is 12.9 Å². The van der Waals surface area contributed by atoms with Crippen molar-refractivity contribution in [3.63, 3.8) is 0 Å². The molecule has 0 aliphatic heterocycles. The fourth-order valence-corrected chi connectivity index (χ4v) is 1.21. The van der Waals surface area contributed by atoms with Gasteiger partial charge in [0.1, 0.15) is 5.82 Å². The highest BCUT2D eigenvalue weighted by Gasteiger charge is 2.25. The van der Waals surface area contributed by atoms with Crippen molar-refractivity contribution in [1.82, 2.24) is 9.97 Å². The van der Waals surface area contributed by atoms with Crippen molar-refractivity contribution in [1.29, 1.82) is 0 Å². The first-order valence-corrected chi connectivity index (χ1v) is 5.00. The van der Waals surface area contributed by atoms with Gasteiger partial charge in [-0.1, -0.05) is 0 Å². The van der Waals surface area contributed by atoms with Gasteiger partial charge in [0.15, 0.2) is 0 Å². The lowest BCUT2D eigenvalue weighted by Crippen LogP contribution is -1.91. The molecule has 0 bridgehead atoms. The first kappa shape index (κ1) is 9.19. The van der Waals surface area contributed by atoms with Crippen molar-refractivity contribution in [2.24, 2.45) is 0 Å². The Morgan fingerprint density at radius 1 is 1.43 bits per heavy atom. The van der Waals surface area contributed by atoms with Crippen LogP contribution in [0.1, 0.15) is 37.1 Å². The summed E-state index contributed by atoms with van der Waals surface area (Å²) in [4.78, 5) is 8.60. The molecule has 74 valence electrons. The number of ether oxygens (including phenoxy) is 1. The Hall–Kier alpha value is -1.38. The van der Waals surface area contributed by atoms with Crippen LogP contribution in [0, 0.1) is 0 Å². The van der Waals surface area contributed by atoms with E-state index < -0.39 is 0 Å². The molecule has 0 aromatic carbocycles. The normalized spacial score (nSPS) is 16.1. The summed E-state index contributed by atoms with van der Waals surface area (Å²) >= 11 is 0. The molecule has 1 heterocycles. The minimum atomic E-state index is 0.625. The molecule has 1 aliphatic carbocycles. The van der Waals surface area contributed by atoms with Crippen LogP contribution in [0.15, 0.2) is 18.7 Å². The fraction of sp³-hybridized carbons (Fsp3) is 0.455. The number of aromatic nitrogens is 2. The van der Waals surface area contributed by atoms with Crippen LogP contribution >= 0.6 is 0 Å². The van der Waals surface area contributed by atoms with Crippen LogP contribution in [0.3, 0.4) is 0 Å². The standard InChI is InChI=1S/C11H14N2O/c1-2-14-6-5-9-7-12-11(13-8-9)10-3-4-10/h5-8,10H,2-4H2,1H3/b6-5+. The van der Waals surface area contributed by atoms with Gasteiger partial charge in [-0.3, -0.25) is 0 Å². The van der Waals surface area contributed by atoms with Crippen molar-refractivity contribution in [2.75, 3.05) is 6.61 Å². The van der Waals surface area contributed by atoms with Crippen molar-refractivity contribution in [3.8, 4) is 0 Å². The average molecular weight is 190 g/mol. The maximum atomic E-state index is 5.09. The number of hydrogen-bond acceptors (Lipinski definition) is 3. The van der Waals surface area contributed by atoms with E-state index in [2.05, 4.69) is 9.97 Å². The zero-order valence-electron chi connectivity index (χ0n) is 8.31. The summed E-state index contributed by atoms with van der Waals surface area (Å²) in [5.74, 6) is 1.61. The summed E-state index contributed by atoms with van der Waals surface area (Å²) in [7, 11) is 0. The smallest absolute Gasteiger partial charge is 0.131 e. The maximum Gasteiger partial charge on any atom is 0.131 e. The van der Waals surface area contributed by atoms with E-state index in [0.717, 1.165) is 11.4 Å². The van der Waals surface area contributed by atoms with Crippen LogP contribution in [0.5, 0.6) is 0 Å². The molecule has 3 heteroatoms. The maximum absolute atomic E-state index is 5.09. The van der Waals surface area contributed by atoms with Crippen LogP contribution in [0.25, 0.3) is 6.08 Å². The van der Waals surface area contributed by atoms with E-state index in [1.807, 2.05) is 25.4 Å². The molecule has 3 nitrogen and oxygen atoms in total. The summed E-state index contributed by atoms with van der Waals surface area (Å²) in [6.45, 7) is 2.65. The molecular weight excluding hydrogens is 176 g/mol. The molecule has 0 radical (unpaired) electrons. The first-order valence-electron chi connectivity index (χ1n) is 5.00. The Bertz CT molecular complexity index is 315. The molecule has 14 heavy (non-hydrogen) atoms. The summed E-state index contributed by atoms with van der Waals surface area (Å²) in [5.41, 5.74) is 0.989. The Morgan fingerprint density at radius 3 is 2.71 bits per heavy atom. The van der Waals surface area contributed by atoms with Gasteiger partial charge in [-0.25, -0.2) is 9.97 Å². The highest BCUT2D eigenvalue weighted by atomic mass is 16.5. The molecule has 0 spiro atoms. The second kappa shape index (κ2) is 4.22. The summed E-state index contributed by atoms with van der Waals surface area (Å²) < 4.78 is 5.09. The molecule has 1 fully saturated rings. The van der Waals surface area contributed by atoms with Crippen LogP contribution in [0.4, 0.5) is 0 Å². The Balaban J connectivity index is 1.98. The van der Waals surface area contributed by atoms with Gasteiger partial charge in [-0.15, -0.1) is 0 Å². The van der Waals surface area contributed by atoms with Crippen LogP contribution in [-0.4, -0.2) is 16.6 Å². The lowest BCUT2D eigenvalue weighted by atomic mass is 10.3. The summed E-state index contributed by atoms with van der Waals surface area (Å²) in [6.07, 6.45) is 9.73. The van der Waals surface area contributed by atoms with Gasteiger partial charge in [0.2, 0.25) is 0 Å². The molecular formula is C11H14N2O. The van der Waals surface area contributed by atoms with E-state index in [0.29, 0.717) is 12.5 Å². The van der Waals surface area contributed by atoms with E-state index in [4.69, 9.17) is 4.74 Å². The quantitative estimate of drug-likeness (QED) is 0.683. The predicted molar refractivity (Wildman–Crippen MR) is 54.7 cm³/mol. The third kappa shape index (κ3) is 2.31. The largest absolute Gasteiger partial charge is 0.501 e. The molecule has 1 saturated carbocycles. The minimum Gasteiger partial charge on any atom is -0.501 e. The lowest BCUT2D eigenvalue weighted by Gasteiger charge is -1.97. The minimum absolute atomic E-state index is 0.625. The van der Waals surface area contributed by atoms with Crippen molar-refractivity contribution >= 4 is 6.08 Å². The monoisotopic (exact) mass is 190 g/mol. The van der Waals surface area contributed by atoms with Gasteiger partial charge in [0, 0.05) is 23.9 Å². The van der Waals surface area contributed by atoms with Crippen LogP contribution < -0.4 is 0 Å². The van der Waals surface area contributed by atoms with E-state index in [1.165, 1.54) is 12.8 Å². The summed E-state index contributed by atoms with van der Waals surface area (Å²) in [5, 5.41) is 0. The molecule has 2 rings (SSSR count). The van der Waals surface area contributed by atoms with Gasteiger partial charge in [-0.2, -0.15) is 0 Å². The Labute approximate surface area is 83.8 Å². The molecule has 1 aliphatic rings. The van der Waals surface area contributed by atoms with Gasteiger partial charge in [0.25, 0.3) is 0 Å². The average Bonchev–Trinajstić information content (AvgIpc) is 3.03. The molecule has 0 N–H and O–H groups in total. The second-order valence-corrected chi connectivity index (χ2v) is 3.41. The van der Waals surface area contributed by atoms with Gasteiger partial charge < -0.3 is 4.74 Å². The summed E-state index contributed by atoms with van der Waals surface area (Å²) in [6, 6.07) is 0. The number of hydrogen-bond donors (Lipinski definition) is 0. The van der Waals surface area contributed by atoms with E-state index in [9.17, 15) is 0 Å². The molecule has 0 saturated heterocycles. The van der Waals surface area contributed by atoms with Crippen LogP contribution in [0.2, 0.25) is 0 Å². The SMILES string of the molecule is CCO/C=C/c1cnc(C2CC2)nc1. The number of rotatable bonds is 4. The Morgan fingerprint density at radius 2 is 2.14 bits per heavy atom. The topological polar surface area (TPSA) is 35.0 Å². The zero-order valence-corrected chi connectivity index (χ0v) is 8.31. The van der Waals surface area contributed by atoms with E-state index in [-0.39, 0.29) is 0 Å². The molecule has 0 unspecified atom stereocenters. The number of nitrogens with zero attached hydrogens (tertiary/aromatic N) is 2. The predicted octanol–water partition coefficient (Wildman–Crippen LogP) is 2.36. The van der Waals surface area contributed by atoms with Crippen LogP contribution in [-0.2, 0) is 4.74 Å². The Kier molecular flexibility index (Phi) is 2.77. The highest BCUT2D eigenvalue weighted by Crippen LogP contribution is 2.37. The first-order chi connectivity index (χ1) is 6.90. The van der Waals surface area contributed by atoms with Crippen molar-refractivity contribution < 1.29 is 4.74 Å². The lowest BCUT2D eigenvalue weighted by molar-refractivity contribution is 0.272. The third-order valence-corrected chi connectivity index (χ3v) is 2.16. The van der Waals surface area contributed by atoms with E-state index >= 15 is 0 Å². The van der Waals surface area contributed by atoms with Crippen molar-refractivity contribution in [3.05, 3.63) is 30.0 Å². The molecule has 1 aromatic heterocycles. The highest BCUT2D eigenvalue weighted by molar-refractivity contribution is 5.45. The molecule has 0 atom stereocenters. The molecule has 1 aromatic rings.